The summed E-state index contributed by atoms with van der Waals surface area (Å²) in [6.45, 7) is 1.02. The van der Waals surface area contributed by atoms with Gasteiger partial charge >= 0.3 is 0 Å². The minimum atomic E-state index is -3.64. The van der Waals surface area contributed by atoms with E-state index in [0.29, 0.717) is 18.8 Å². The number of ether oxygens (including phenoxy) is 2. The van der Waals surface area contributed by atoms with Gasteiger partial charge in [0, 0.05) is 18.7 Å². The van der Waals surface area contributed by atoms with Crippen LogP contribution < -0.4 is 5.32 Å². The summed E-state index contributed by atoms with van der Waals surface area (Å²) < 4.78 is 38.7. The van der Waals surface area contributed by atoms with Gasteiger partial charge in [0.1, 0.15) is 6.26 Å². The van der Waals surface area contributed by atoms with Crippen molar-refractivity contribution in [1.29, 1.82) is 0 Å². The topological polar surface area (TPSA) is 84.9 Å². The first-order valence-corrected chi connectivity index (χ1v) is 12.0. The molecule has 1 aliphatic carbocycles. The van der Waals surface area contributed by atoms with E-state index in [1.54, 1.807) is 12.1 Å². The van der Waals surface area contributed by atoms with Gasteiger partial charge in [0.25, 0.3) is 5.91 Å². The minimum Gasteiger partial charge on any atom is -0.463 e. The summed E-state index contributed by atoms with van der Waals surface area (Å²) in [6.07, 6.45) is 14.3. The van der Waals surface area contributed by atoms with Gasteiger partial charge in [-0.15, -0.1) is 0 Å². The number of amides is 1. The zero-order valence-corrected chi connectivity index (χ0v) is 18.1. The number of nitrogens with one attached hydrogen (secondary N) is 1. The molecule has 0 saturated carbocycles. The number of hydrogen-bond acceptors (Lipinski definition) is 5. The van der Waals surface area contributed by atoms with E-state index in [1.165, 1.54) is 29.0 Å². The molecule has 1 aromatic carbocycles. The number of sulfonamides is 1. The van der Waals surface area contributed by atoms with E-state index in [1.807, 2.05) is 12.2 Å². The fraction of sp³-hybridized carbons (Fsp3) is 0.348. The molecule has 2 heterocycles. The maximum atomic E-state index is 13.0. The molecule has 1 saturated heterocycles. The molecule has 0 spiro atoms. The predicted molar refractivity (Wildman–Crippen MR) is 116 cm³/mol. The van der Waals surface area contributed by atoms with Crippen molar-refractivity contribution in [2.24, 2.45) is 0 Å². The lowest BCUT2D eigenvalue weighted by atomic mass is 10.0. The molecule has 1 N–H and O–H groups in total. The lowest BCUT2D eigenvalue weighted by Crippen LogP contribution is -2.32. The largest absolute Gasteiger partial charge is 0.463 e. The van der Waals surface area contributed by atoms with Crippen molar-refractivity contribution in [1.82, 2.24) is 9.62 Å². The van der Waals surface area contributed by atoms with Crippen LogP contribution in [0.1, 0.15) is 48.9 Å². The van der Waals surface area contributed by atoms with E-state index in [4.69, 9.17) is 9.47 Å². The van der Waals surface area contributed by atoms with Crippen LogP contribution in [0.15, 0.2) is 77.1 Å². The summed E-state index contributed by atoms with van der Waals surface area (Å²) in [4.78, 5) is 12.9. The monoisotopic (exact) mass is 442 g/mol. The highest BCUT2D eigenvalue weighted by Crippen LogP contribution is 2.26. The lowest BCUT2D eigenvalue weighted by molar-refractivity contribution is 0.0925. The van der Waals surface area contributed by atoms with Crippen LogP contribution in [-0.4, -0.2) is 31.7 Å². The second kappa shape index (κ2) is 9.53. The number of hydrogen-bond donors (Lipinski definition) is 1. The molecule has 3 aliphatic rings. The Morgan fingerprint density at radius 2 is 1.87 bits per heavy atom. The number of allylic oxidation sites excluding steroid dienone is 4. The van der Waals surface area contributed by atoms with Crippen molar-refractivity contribution >= 4 is 15.9 Å². The number of carbonyl (C=O) groups excluding carboxylic acids is 1. The fourth-order valence-corrected chi connectivity index (χ4v) is 5.30. The fourth-order valence-electron chi connectivity index (χ4n) is 3.74. The summed E-state index contributed by atoms with van der Waals surface area (Å²) in [6, 6.07) is 6.09. The lowest BCUT2D eigenvalue weighted by Gasteiger charge is -2.21. The molecule has 7 nitrogen and oxygen atoms in total. The van der Waals surface area contributed by atoms with Crippen LogP contribution in [0.4, 0.5) is 0 Å². The van der Waals surface area contributed by atoms with Crippen molar-refractivity contribution < 1.29 is 22.7 Å². The van der Waals surface area contributed by atoms with Gasteiger partial charge in [0.05, 0.1) is 4.90 Å². The quantitative estimate of drug-likeness (QED) is 0.747. The summed E-state index contributed by atoms with van der Waals surface area (Å²) in [5, 5.41) is 2.65. The highest BCUT2D eigenvalue weighted by molar-refractivity contribution is 7.89. The molecule has 1 fully saturated rings. The Balaban J connectivity index is 1.45. The Morgan fingerprint density at radius 1 is 1.06 bits per heavy atom. The van der Waals surface area contributed by atoms with Gasteiger partial charge in [-0.05, 0) is 49.5 Å². The molecular formula is C23H26N2O5S. The third-order valence-corrected chi connectivity index (χ3v) is 7.33. The molecule has 2 aliphatic heterocycles. The Kier molecular flexibility index (Phi) is 6.58. The minimum absolute atomic E-state index is 0.122. The molecule has 1 amide bonds. The summed E-state index contributed by atoms with van der Waals surface area (Å²) in [5.74, 6) is 0.222. The Hall–Kier alpha value is -2.84. The van der Waals surface area contributed by atoms with Crippen LogP contribution in [-0.2, 0) is 19.5 Å². The van der Waals surface area contributed by atoms with Gasteiger partial charge in [0.15, 0.2) is 12.0 Å². The van der Waals surface area contributed by atoms with Crippen LogP contribution in [0.5, 0.6) is 0 Å². The standard InChI is InChI=1S/C23H26N2O5S/c26-23(24-22-17-29-16-21(30-22)18-9-4-3-5-10-18)19-11-8-12-20(15-19)31(27,28)25-13-6-1-2-7-14-25/h3-4,8-9,11-12,15-17H,1-2,5-7,10,13-14H2,(H,24,26). The summed E-state index contributed by atoms with van der Waals surface area (Å²) in [5.41, 5.74) is 1.21. The van der Waals surface area contributed by atoms with Crippen LogP contribution in [0, 0.1) is 0 Å². The molecule has 1 aromatic rings. The van der Waals surface area contributed by atoms with Crippen molar-refractivity contribution in [3.63, 3.8) is 0 Å². The van der Waals surface area contributed by atoms with E-state index in [2.05, 4.69) is 11.4 Å². The van der Waals surface area contributed by atoms with Gasteiger partial charge in [-0.2, -0.15) is 4.31 Å². The van der Waals surface area contributed by atoms with Gasteiger partial charge < -0.3 is 9.47 Å². The van der Waals surface area contributed by atoms with Crippen molar-refractivity contribution in [2.75, 3.05) is 13.1 Å². The van der Waals surface area contributed by atoms with Crippen LogP contribution >= 0.6 is 0 Å². The second-order valence-corrected chi connectivity index (χ2v) is 9.60. The van der Waals surface area contributed by atoms with Crippen LogP contribution in [0.2, 0.25) is 0 Å². The summed E-state index contributed by atoms with van der Waals surface area (Å²) in [7, 11) is -3.64. The zero-order chi connectivity index (χ0) is 21.7. The van der Waals surface area contributed by atoms with Crippen LogP contribution in [0.25, 0.3) is 0 Å². The molecule has 31 heavy (non-hydrogen) atoms. The first-order valence-electron chi connectivity index (χ1n) is 10.6. The van der Waals surface area contributed by atoms with E-state index < -0.39 is 15.9 Å². The number of carbonyl (C=O) groups is 1. The van der Waals surface area contributed by atoms with Gasteiger partial charge in [-0.25, -0.2) is 8.42 Å². The maximum absolute atomic E-state index is 13.0. The maximum Gasteiger partial charge on any atom is 0.258 e. The zero-order valence-electron chi connectivity index (χ0n) is 17.2. The van der Waals surface area contributed by atoms with Crippen molar-refractivity contribution in [3.05, 3.63) is 77.8 Å². The number of nitrogens with zero attached hydrogens (tertiary/aromatic N) is 1. The van der Waals surface area contributed by atoms with E-state index in [0.717, 1.165) is 44.1 Å². The smallest absolute Gasteiger partial charge is 0.258 e. The number of benzene rings is 1. The molecule has 164 valence electrons. The molecule has 0 bridgehead atoms. The van der Waals surface area contributed by atoms with E-state index in [-0.39, 0.29) is 16.3 Å². The molecule has 0 atom stereocenters. The average Bonchev–Trinajstić information content (AvgIpc) is 3.10. The molecule has 0 radical (unpaired) electrons. The molecule has 4 rings (SSSR count). The molecular weight excluding hydrogens is 416 g/mol. The Labute approximate surface area is 182 Å². The van der Waals surface area contributed by atoms with Gasteiger partial charge in [-0.1, -0.05) is 37.1 Å². The SMILES string of the molecule is O=C(NC1=COC=C(C2=CC=CCC2)O1)c1cccc(S(=O)(=O)N2CCCCCC2)c1. The normalized spacial score (nSPS) is 19.8. The number of rotatable bonds is 5. The van der Waals surface area contributed by atoms with Gasteiger partial charge in [-0.3, -0.25) is 10.1 Å². The van der Waals surface area contributed by atoms with Gasteiger partial charge in [0.2, 0.25) is 15.9 Å². The Bertz CT molecular complexity index is 1060. The predicted octanol–water partition coefficient (Wildman–Crippen LogP) is 3.94. The average molecular weight is 443 g/mol. The summed E-state index contributed by atoms with van der Waals surface area (Å²) >= 11 is 0. The van der Waals surface area contributed by atoms with Crippen molar-refractivity contribution in [3.8, 4) is 0 Å². The first kappa shape index (κ1) is 21.4. The van der Waals surface area contributed by atoms with E-state index >= 15 is 0 Å². The Morgan fingerprint density at radius 3 is 2.61 bits per heavy atom. The molecule has 8 heteroatoms. The third-order valence-electron chi connectivity index (χ3n) is 5.44. The molecule has 0 unspecified atom stereocenters. The molecule has 0 aromatic heterocycles. The highest BCUT2D eigenvalue weighted by atomic mass is 32.2. The second-order valence-electron chi connectivity index (χ2n) is 7.66. The highest BCUT2D eigenvalue weighted by Gasteiger charge is 2.26. The van der Waals surface area contributed by atoms with E-state index in [9.17, 15) is 13.2 Å². The van der Waals surface area contributed by atoms with Crippen molar-refractivity contribution in [2.45, 2.75) is 43.4 Å². The third kappa shape index (κ3) is 5.08. The first-order chi connectivity index (χ1) is 15.0. The van der Waals surface area contributed by atoms with Crippen LogP contribution in [0.3, 0.4) is 0 Å².